The molecule has 15 aromatic rings. The summed E-state index contributed by atoms with van der Waals surface area (Å²) in [6, 6.07) is 103. The third kappa shape index (κ3) is 23.0. The first-order chi connectivity index (χ1) is 64.9. The second-order valence-electron chi connectivity index (χ2n) is 43.0. The maximum absolute atomic E-state index is 5.23. The van der Waals surface area contributed by atoms with E-state index >= 15 is 0 Å². The van der Waals surface area contributed by atoms with Gasteiger partial charge in [0.2, 0.25) is 0 Å². The van der Waals surface area contributed by atoms with Crippen molar-refractivity contribution in [1.82, 2.24) is 34.9 Å². The molecule has 2 aliphatic rings. The van der Waals surface area contributed by atoms with Crippen LogP contribution in [0.2, 0.25) is 0 Å². The quantitative estimate of drug-likeness (QED) is 0.0316. The number of nitrogens with zero attached hydrogens (tertiary/aromatic N) is 7. The number of hydrogen-bond acceptors (Lipinski definition) is 7. The van der Waals surface area contributed by atoms with E-state index in [1.807, 2.05) is 12.4 Å². The molecule has 4 heterocycles. The smallest absolute Gasteiger partial charge is 0.165 e. The molecule has 4 aromatic heterocycles. The first-order valence-electron chi connectivity index (χ1n) is 50.6. The van der Waals surface area contributed by atoms with Crippen LogP contribution in [-0.4, -0.2) is 34.9 Å². The standard InChI is InChI=1S/C68H74N3.C60H67N4.2Ir/c1-11-13-15-17-21-48-37-46(3)39-56(41-48)68(57-40-47(4)38-49(42-57)22-18-16-14-12-2)60-24-20-19-23-58(60)59-35-29-52(43-61(59)68)62-36-30-53(45-69-62)65-70-63(50-25-31-54(32-26-50)66(5,6)7)44-64(71-65)51-27-33-55(34-28-51)67(8,9)10;1-10-12-14-16-20-41-24-28-43(29-25-41)55-62-56(44-30-26-42(27-31-44)21-17-15-13-11-2)64-57(63-55)46-33-35-54(61-40-46)45-32-34-51-50-22-18-19-23-52(50)60(9,53(51)36-45)49-38-47(58(3,4)5)37-48(39-49)59(6,7)8;;/h19-20,23-28,30-45H,11-18,21-22H2,1-10H3;18-19,22-31,33-40H,10-17,20-21H2,1-9H3;;/q2*-1;;. The zero-order chi connectivity index (χ0) is 95.0. The van der Waals surface area contributed by atoms with Crippen molar-refractivity contribution in [3.8, 4) is 113 Å². The van der Waals surface area contributed by atoms with Crippen molar-refractivity contribution in [2.45, 2.75) is 292 Å². The summed E-state index contributed by atoms with van der Waals surface area (Å²) in [7, 11) is 0. The minimum Gasteiger partial charge on any atom is -0.304 e. The molecule has 0 N–H and O–H groups in total. The molecule has 2 radical (unpaired) electrons. The summed E-state index contributed by atoms with van der Waals surface area (Å²) >= 11 is 0. The Kier molecular flexibility index (Phi) is 32.8. The van der Waals surface area contributed by atoms with Crippen molar-refractivity contribution >= 4 is 0 Å². The van der Waals surface area contributed by atoms with Crippen molar-refractivity contribution in [3.63, 3.8) is 0 Å². The first-order valence-corrected chi connectivity index (χ1v) is 50.6. The van der Waals surface area contributed by atoms with E-state index in [-0.39, 0.29) is 67.3 Å². The van der Waals surface area contributed by atoms with Gasteiger partial charge in [-0.15, -0.1) is 58.7 Å². The van der Waals surface area contributed by atoms with Gasteiger partial charge in [0.05, 0.1) is 16.8 Å². The minimum absolute atomic E-state index is 0. The van der Waals surface area contributed by atoms with Crippen LogP contribution in [0, 0.1) is 26.0 Å². The number of hydrogen-bond donors (Lipinski definition) is 0. The van der Waals surface area contributed by atoms with Crippen molar-refractivity contribution < 1.29 is 40.2 Å². The molecule has 0 bridgehead atoms. The van der Waals surface area contributed by atoms with Crippen LogP contribution in [0.15, 0.2) is 267 Å². The van der Waals surface area contributed by atoms with Gasteiger partial charge in [0.25, 0.3) is 0 Å². The van der Waals surface area contributed by atoms with Gasteiger partial charge < -0.3 is 9.97 Å². The average Bonchev–Trinajstić information content (AvgIpc) is 1.54. The molecule has 7 nitrogen and oxygen atoms in total. The second kappa shape index (κ2) is 44.1. The van der Waals surface area contributed by atoms with E-state index in [1.165, 1.54) is 220 Å². The molecule has 0 fully saturated rings. The Morgan fingerprint density at radius 1 is 0.270 bits per heavy atom. The Balaban J connectivity index is 0.000000217. The molecule has 0 spiro atoms. The minimum atomic E-state index is -0.537. The van der Waals surface area contributed by atoms with Crippen LogP contribution in [-0.2, 0) is 98.4 Å². The number of fused-ring (bicyclic) bond motifs is 6. The topological polar surface area (TPSA) is 90.2 Å². The molecule has 1 unspecified atom stereocenters. The number of pyridine rings is 2. The maximum Gasteiger partial charge on any atom is 0.165 e. The fourth-order valence-electron chi connectivity index (χ4n) is 20.2. The van der Waals surface area contributed by atoms with Gasteiger partial charge in [0, 0.05) is 91.4 Å². The fourth-order valence-corrected chi connectivity index (χ4v) is 20.2. The summed E-state index contributed by atoms with van der Waals surface area (Å²) < 4.78 is 0. The summed E-state index contributed by atoms with van der Waals surface area (Å²) in [6.07, 6.45) is 28.2. The Bertz CT molecular complexity index is 6390. The third-order valence-corrected chi connectivity index (χ3v) is 28.4. The molecule has 137 heavy (non-hydrogen) atoms. The van der Waals surface area contributed by atoms with Crippen LogP contribution in [0.1, 0.15) is 315 Å². The summed E-state index contributed by atoms with van der Waals surface area (Å²) in [4.78, 5) is 36.0. The summed E-state index contributed by atoms with van der Waals surface area (Å²) in [5.74, 6) is 2.60. The molecular formula is C128H141Ir2N7-2. The van der Waals surface area contributed by atoms with Crippen molar-refractivity contribution in [2.75, 3.05) is 0 Å². The van der Waals surface area contributed by atoms with Crippen LogP contribution < -0.4 is 0 Å². The predicted molar refractivity (Wildman–Crippen MR) is 569 cm³/mol. The SMILES string of the molecule is CCCCCCc1cc(C)cc(C2(c3cc(C)cc(CCCCCC)c3)c3ccccc3-c3c[c-]c(-c4ccc(-c5nc(-c6ccc(C(C)(C)C)cc6)cc(-c6ccc(C(C)(C)C)cc6)n5)cn4)cc32)c1.CCCCCCc1ccc(-c2nc(-c3ccc(CCCCCC)cc3)nc(-c3ccc(-c4[c-]cc5c(c4)C(C)(c4cc(C(C)(C)C)cc(C(C)(C)C)c4)c4ccccc4-5)nc3)n2)cc1.[Ir].[Ir]. The molecule has 9 heteroatoms. The molecule has 2 aliphatic carbocycles. The first kappa shape index (κ1) is 102. The van der Waals surface area contributed by atoms with Crippen molar-refractivity contribution in [3.05, 3.63) is 374 Å². The largest absolute Gasteiger partial charge is 0.304 e. The van der Waals surface area contributed by atoms with Gasteiger partial charge in [0.15, 0.2) is 23.3 Å². The molecule has 11 aromatic carbocycles. The Morgan fingerprint density at radius 3 is 1.01 bits per heavy atom. The van der Waals surface area contributed by atoms with Crippen LogP contribution >= 0.6 is 0 Å². The molecule has 17 rings (SSSR count). The number of unbranched alkanes of at least 4 members (excludes halogenated alkanes) is 12. The van der Waals surface area contributed by atoms with E-state index in [0.717, 1.165) is 93.0 Å². The van der Waals surface area contributed by atoms with Gasteiger partial charge in [-0.1, -0.05) is 446 Å². The molecule has 0 amide bonds. The third-order valence-electron chi connectivity index (χ3n) is 28.4. The van der Waals surface area contributed by atoms with Gasteiger partial charge >= 0.3 is 0 Å². The van der Waals surface area contributed by atoms with E-state index < -0.39 is 5.41 Å². The van der Waals surface area contributed by atoms with E-state index in [4.69, 9.17) is 34.9 Å². The molecule has 0 saturated carbocycles. The number of rotatable bonds is 31. The predicted octanol–water partition coefficient (Wildman–Crippen LogP) is 34.1. The van der Waals surface area contributed by atoms with Gasteiger partial charge in [0.1, 0.15) is 0 Å². The molecular weight excluding hydrogens is 2020 g/mol. The zero-order valence-electron chi connectivity index (χ0n) is 84.8. The Morgan fingerprint density at radius 2 is 0.620 bits per heavy atom. The average molecular weight is 2160 g/mol. The molecule has 0 saturated heterocycles. The van der Waals surface area contributed by atoms with E-state index in [2.05, 4.69) is 398 Å². The summed E-state index contributed by atoms with van der Waals surface area (Å²) in [5, 5.41) is 0. The summed E-state index contributed by atoms with van der Waals surface area (Å²) in [5.41, 5.74) is 38.2. The summed E-state index contributed by atoms with van der Waals surface area (Å²) in [6.45, 7) is 43.5. The maximum atomic E-state index is 5.23. The number of benzene rings is 11. The zero-order valence-corrected chi connectivity index (χ0v) is 89.6. The molecule has 0 aliphatic heterocycles. The van der Waals surface area contributed by atoms with Crippen LogP contribution in [0.25, 0.3) is 113 Å². The van der Waals surface area contributed by atoms with Gasteiger partial charge in [-0.3, -0.25) is 0 Å². The van der Waals surface area contributed by atoms with Crippen LogP contribution in [0.3, 0.4) is 0 Å². The van der Waals surface area contributed by atoms with E-state index in [9.17, 15) is 0 Å². The van der Waals surface area contributed by atoms with Crippen molar-refractivity contribution in [1.29, 1.82) is 0 Å². The van der Waals surface area contributed by atoms with Gasteiger partial charge in [-0.25, -0.2) is 24.9 Å². The normalized spacial score (nSPS) is 13.6. The van der Waals surface area contributed by atoms with Gasteiger partial charge in [-0.2, -0.15) is 0 Å². The van der Waals surface area contributed by atoms with E-state index in [1.54, 1.807) is 0 Å². The van der Waals surface area contributed by atoms with Gasteiger partial charge in [-0.05, 0) is 184 Å². The van der Waals surface area contributed by atoms with Crippen molar-refractivity contribution in [2.24, 2.45) is 0 Å². The number of aryl methyl sites for hydroxylation is 6. The molecule has 1 atom stereocenters. The Hall–Kier alpha value is -10.9. The number of aromatic nitrogens is 7. The van der Waals surface area contributed by atoms with E-state index in [0.29, 0.717) is 23.3 Å². The second-order valence-corrected chi connectivity index (χ2v) is 43.0. The molecule has 708 valence electrons. The van der Waals surface area contributed by atoms with Crippen LogP contribution in [0.5, 0.6) is 0 Å². The van der Waals surface area contributed by atoms with Crippen LogP contribution in [0.4, 0.5) is 0 Å². The Labute approximate surface area is 847 Å². The fraction of sp³-hybridized carbons (Fsp3) is 0.352. The monoisotopic (exact) mass is 2160 g/mol.